The molecule has 0 fully saturated rings. The van der Waals surface area contributed by atoms with E-state index < -0.39 is 0 Å². The third-order valence-corrected chi connectivity index (χ3v) is 4.46. The van der Waals surface area contributed by atoms with Gasteiger partial charge in [-0.3, -0.25) is 0 Å². The molecule has 3 aromatic rings. The molecule has 1 aromatic heterocycles. The predicted molar refractivity (Wildman–Crippen MR) is 113 cm³/mol. The van der Waals surface area contributed by atoms with Crippen molar-refractivity contribution < 1.29 is 9.47 Å². The maximum absolute atomic E-state index is 6.10. The zero-order chi connectivity index (χ0) is 20.1. The number of nitrogens with one attached hydrogen (secondary N) is 2. The second kappa shape index (κ2) is 8.80. The van der Waals surface area contributed by atoms with Crippen LogP contribution in [0.15, 0.2) is 42.5 Å². The van der Waals surface area contributed by atoms with Crippen LogP contribution in [0.4, 0.5) is 17.5 Å². The van der Waals surface area contributed by atoms with Crippen LogP contribution in [-0.4, -0.2) is 24.2 Å². The number of aryl methyl sites for hydroxylation is 2. The van der Waals surface area contributed by atoms with Crippen LogP contribution in [0, 0.1) is 13.8 Å². The Kier molecular flexibility index (Phi) is 6.21. The highest BCUT2D eigenvalue weighted by Gasteiger charge is 2.07. The van der Waals surface area contributed by atoms with E-state index in [0.717, 1.165) is 28.3 Å². The maximum Gasteiger partial charge on any atom is 0.229 e. The Bertz CT molecular complexity index is 979. The number of aromatic nitrogens is 2. The fourth-order valence-electron chi connectivity index (χ4n) is 2.75. The van der Waals surface area contributed by atoms with Crippen LogP contribution >= 0.6 is 11.6 Å². The van der Waals surface area contributed by atoms with Crippen molar-refractivity contribution >= 4 is 29.1 Å². The number of hydrogen-bond donors (Lipinski definition) is 2. The van der Waals surface area contributed by atoms with Crippen molar-refractivity contribution in [1.29, 1.82) is 0 Å². The number of methoxy groups -OCH3 is 2. The molecule has 0 unspecified atom stereocenters. The number of benzene rings is 2. The van der Waals surface area contributed by atoms with Gasteiger partial charge in [-0.1, -0.05) is 23.7 Å². The maximum atomic E-state index is 6.10. The quantitative estimate of drug-likeness (QED) is 0.575. The van der Waals surface area contributed by atoms with E-state index in [9.17, 15) is 0 Å². The zero-order valence-corrected chi connectivity index (χ0v) is 17.1. The Morgan fingerprint density at radius 2 is 1.71 bits per heavy atom. The minimum atomic E-state index is 0.514. The molecule has 6 nitrogen and oxygen atoms in total. The second-order valence-corrected chi connectivity index (χ2v) is 6.78. The zero-order valence-electron chi connectivity index (χ0n) is 16.3. The van der Waals surface area contributed by atoms with Gasteiger partial charge in [0.15, 0.2) is 11.5 Å². The molecule has 2 N–H and O–H groups in total. The number of halogens is 1. The highest BCUT2D eigenvalue weighted by Crippen LogP contribution is 2.28. The molecule has 0 amide bonds. The van der Waals surface area contributed by atoms with E-state index in [1.807, 2.05) is 56.3 Å². The lowest BCUT2D eigenvalue weighted by Crippen LogP contribution is -2.06. The van der Waals surface area contributed by atoms with Gasteiger partial charge < -0.3 is 20.1 Å². The highest BCUT2D eigenvalue weighted by atomic mass is 35.5. The van der Waals surface area contributed by atoms with Crippen LogP contribution in [0.5, 0.6) is 11.5 Å². The van der Waals surface area contributed by atoms with Crippen LogP contribution in [0.3, 0.4) is 0 Å². The van der Waals surface area contributed by atoms with E-state index in [2.05, 4.69) is 20.6 Å². The van der Waals surface area contributed by atoms with Crippen molar-refractivity contribution in [1.82, 2.24) is 9.97 Å². The Labute approximate surface area is 169 Å². The minimum absolute atomic E-state index is 0.514. The molecule has 146 valence electrons. The van der Waals surface area contributed by atoms with Gasteiger partial charge in [0.25, 0.3) is 0 Å². The molecule has 0 aliphatic heterocycles. The summed E-state index contributed by atoms with van der Waals surface area (Å²) in [6, 6.07) is 13.4. The normalized spacial score (nSPS) is 10.5. The van der Waals surface area contributed by atoms with Crippen molar-refractivity contribution in [3.8, 4) is 11.5 Å². The van der Waals surface area contributed by atoms with Crippen LogP contribution in [0.25, 0.3) is 0 Å². The van der Waals surface area contributed by atoms with Crippen LogP contribution in [0.1, 0.15) is 16.8 Å². The van der Waals surface area contributed by atoms with Gasteiger partial charge in [0, 0.05) is 29.0 Å². The molecule has 0 aliphatic carbocycles. The molecule has 0 saturated heterocycles. The van der Waals surface area contributed by atoms with Gasteiger partial charge in [0.05, 0.1) is 14.2 Å². The standard InChI is InChI=1S/C21H23ClN4O2/c1-13-5-7-16(22)11-17(13)25-21-24-14(2)9-20(26-21)23-12-15-6-8-18(27-3)19(10-15)28-4/h5-11H,12H2,1-4H3,(H2,23,24,25,26). The SMILES string of the molecule is COc1ccc(CNc2cc(C)nc(Nc3cc(Cl)ccc3C)n2)cc1OC. The number of rotatable bonds is 7. The summed E-state index contributed by atoms with van der Waals surface area (Å²) in [6.45, 7) is 4.52. The van der Waals surface area contributed by atoms with Crippen molar-refractivity contribution in [2.45, 2.75) is 20.4 Å². The lowest BCUT2D eigenvalue weighted by atomic mass is 10.2. The molecule has 0 bridgehead atoms. The van der Waals surface area contributed by atoms with Crippen LogP contribution < -0.4 is 20.1 Å². The molecule has 1 heterocycles. The predicted octanol–water partition coefficient (Wildman–Crippen LogP) is 5.12. The topological polar surface area (TPSA) is 68.3 Å². The van der Waals surface area contributed by atoms with Crippen molar-refractivity contribution in [3.63, 3.8) is 0 Å². The molecular weight excluding hydrogens is 376 g/mol. The Balaban J connectivity index is 1.75. The first-order valence-electron chi connectivity index (χ1n) is 8.82. The average Bonchev–Trinajstić information content (AvgIpc) is 2.68. The first kappa shape index (κ1) is 19.8. The first-order chi connectivity index (χ1) is 13.5. The summed E-state index contributed by atoms with van der Waals surface area (Å²) < 4.78 is 10.6. The lowest BCUT2D eigenvalue weighted by molar-refractivity contribution is 0.354. The lowest BCUT2D eigenvalue weighted by Gasteiger charge is -2.13. The molecule has 2 aromatic carbocycles. The Morgan fingerprint density at radius 3 is 2.46 bits per heavy atom. The minimum Gasteiger partial charge on any atom is -0.493 e. The average molecular weight is 399 g/mol. The molecular formula is C21H23ClN4O2. The molecule has 3 rings (SSSR count). The van der Waals surface area contributed by atoms with Crippen LogP contribution in [0.2, 0.25) is 5.02 Å². The fraction of sp³-hybridized carbons (Fsp3) is 0.238. The summed E-state index contributed by atoms with van der Waals surface area (Å²) in [4.78, 5) is 9.02. The van der Waals surface area contributed by atoms with Gasteiger partial charge in [-0.2, -0.15) is 4.98 Å². The first-order valence-corrected chi connectivity index (χ1v) is 9.20. The molecule has 0 radical (unpaired) electrons. The van der Waals surface area contributed by atoms with Gasteiger partial charge in [-0.15, -0.1) is 0 Å². The Morgan fingerprint density at radius 1 is 0.929 bits per heavy atom. The van der Waals surface area contributed by atoms with Crippen LogP contribution in [-0.2, 0) is 6.54 Å². The van der Waals surface area contributed by atoms with Gasteiger partial charge in [-0.05, 0) is 49.2 Å². The summed E-state index contributed by atoms with van der Waals surface area (Å²) >= 11 is 6.10. The summed E-state index contributed by atoms with van der Waals surface area (Å²) in [6.07, 6.45) is 0. The summed E-state index contributed by atoms with van der Waals surface area (Å²) in [7, 11) is 3.24. The van der Waals surface area contributed by atoms with Crippen molar-refractivity contribution in [2.75, 3.05) is 24.9 Å². The molecule has 28 heavy (non-hydrogen) atoms. The molecule has 0 atom stereocenters. The largest absolute Gasteiger partial charge is 0.493 e. The van der Waals surface area contributed by atoms with E-state index >= 15 is 0 Å². The van der Waals surface area contributed by atoms with Gasteiger partial charge in [-0.25, -0.2) is 4.98 Å². The number of nitrogens with zero attached hydrogens (tertiary/aromatic N) is 2. The third kappa shape index (κ3) is 4.84. The van der Waals surface area contributed by atoms with E-state index in [1.54, 1.807) is 14.2 Å². The van der Waals surface area contributed by atoms with E-state index in [-0.39, 0.29) is 0 Å². The number of anilines is 3. The monoisotopic (exact) mass is 398 g/mol. The van der Waals surface area contributed by atoms with Gasteiger partial charge in [0.1, 0.15) is 5.82 Å². The van der Waals surface area contributed by atoms with E-state index in [0.29, 0.717) is 29.0 Å². The fourth-order valence-corrected chi connectivity index (χ4v) is 2.92. The van der Waals surface area contributed by atoms with Crippen molar-refractivity contribution in [2.24, 2.45) is 0 Å². The number of ether oxygens (including phenoxy) is 2. The molecule has 7 heteroatoms. The van der Waals surface area contributed by atoms with Gasteiger partial charge in [0.2, 0.25) is 5.95 Å². The summed E-state index contributed by atoms with van der Waals surface area (Å²) in [5.41, 5.74) is 3.85. The van der Waals surface area contributed by atoms with Crippen molar-refractivity contribution in [3.05, 3.63) is 64.3 Å². The molecule has 0 saturated carbocycles. The molecule has 0 aliphatic rings. The van der Waals surface area contributed by atoms with E-state index in [1.165, 1.54) is 0 Å². The Hall–Kier alpha value is -2.99. The molecule has 0 spiro atoms. The third-order valence-electron chi connectivity index (χ3n) is 4.22. The summed E-state index contributed by atoms with van der Waals surface area (Å²) in [5.74, 6) is 2.64. The highest BCUT2D eigenvalue weighted by molar-refractivity contribution is 6.30. The summed E-state index contributed by atoms with van der Waals surface area (Å²) in [5, 5.41) is 7.23. The van der Waals surface area contributed by atoms with E-state index in [4.69, 9.17) is 21.1 Å². The smallest absolute Gasteiger partial charge is 0.229 e. The number of hydrogen-bond acceptors (Lipinski definition) is 6. The van der Waals surface area contributed by atoms with Gasteiger partial charge >= 0.3 is 0 Å². The second-order valence-electron chi connectivity index (χ2n) is 6.35.